The Morgan fingerprint density at radius 3 is 2.50 bits per heavy atom. The lowest BCUT2D eigenvalue weighted by molar-refractivity contribution is 0.0921. The SMILES string of the molecule is Cc1nc(N)sc1C(=O)NCc1ccc(Cl)c(Cc2nc3cc(C(=O)NC4CCC(C)CC4)c(N4CC5CC5C4)cc3n2C)c1Cl. The van der Waals surface area contributed by atoms with Crippen molar-refractivity contribution in [2.45, 2.75) is 65.0 Å². The van der Waals surface area contributed by atoms with Crippen molar-refractivity contribution in [2.75, 3.05) is 23.7 Å². The zero-order chi connectivity index (χ0) is 32.3. The lowest BCUT2D eigenvalue weighted by atomic mass is 9.87. The van der Waals surface area contributed by atoms with Gasteiger partial charge in [-0.3, -0.25) is 9.59 Å². The van der Waals surface area contributed by atoms with Gasteiger partial charge < -0.3 is 25.8 Å². The summed E-state index contributed by atoms with van der Waals surface area (Å²) >= 11 is 14.8. The number of nitrogen functional groups attached to an aromatic ring is 1. The minimum atomic E-state index is -0.251. The number of halogens is 2. The quantitative estimate of drug-likeness (QED) is 0.195. The first kappa shape index (κ1) is 31.3. The maximum absolute atomic E-state index is 13.8. The van der Waals surface area contributed by atoms with Gasteiger partial charge in [0, 0.05) is 44.2 Å². The van der Waals surface area contributed by atoms with Crippen LogP contribution in [0.2, 0.25) is 10.0 Å². The number of hydrogen-bond acceptors (Lipinski definition) is 7. The summed E-state index contributed by atoms with van der Waals surface area (Å²) in [7, 11) is 1.99. The zero-order valence-electron chi connectivity index (χ0n) is 26.3. The minimum absolute atomic E-state index is 0.0127. The van der Waals surface area contributed by atoms with Gasteiger partial charge in [-0.1, -0.05) is 47.5 Å². The minimum Gasteiger partial charge on any atom is -0.375 e. The highest BCUT2D eigenvalue weighted by Crippen LogP contribution is 2.47. The first-order valence-corrected chi connectivity index (χ1v) is 17.6. The van der Waals surface area contributed by atoms with Crippen LogP contribution in [-0.4, -0.2) is 45.5 Å². The number of amides is 2. The second kappa shape index (κ2) is 12.4. The summed E-state index contributed by atoms with van der Waals surface area (Å²) in [5.41, 5.74) is 11.3. The maximum Gasteiger partial charge on any atom is 0.263 e. The Hall–Kier alpha value is -3.34. The van der Waals surface area contributed by atoms with Gasteiger partial charge in [0.25, 0.3) is 11.8 Å². The van der Waals surface area contributed by atoms with Crippen LogP contribution in [0.25, 0.3) is 11.0 Å². The number of nitrogens with zero attached hydrogens (tertiary/aromatic N) is 4. The summed E-state index contributed by atoms with van der Waals surface area (Å²) in [6.45, 7) is 6.26. The third-order valence-electron chi connectivity index (χ3n) is 10.1. The van der Waals surface area contributed by atoms with E-state index in [0.29, 0.717) is 37.7 Å². The van der Waals surface area contributed by atoms with E-state index in [2.05, 4.69) is 38.1 Å². The Labute approximate surface area is 282 Å². The number of nitrogens with one attached hydrogen (secondary N) is 2. The molecule has 2 unspecified atom stereocenters. The van der Waals surface area contributed by atoms with Crippen LogP contribution in [0.3, 0.4) is 0 Å². The van der Waals surface area contributed by atoms with E-state index < -0.39 is 0 Å². The fourth-order valence-corrected chi connectivity index (χ4v) is 8.45. The van der Waals surface area contributed by atoms with Gasteiger partial charge >= 0.3 is 0 Å². The van der Waals surface area contributed by atoms with E-state index >= 15 is 0 Å². The Kier molecular flexibility index (Phi) is 8.40. The molecule has 0 radical (unpaired) electrons. The number of anilines is 2. The molecule has 46 heavy (non-hydrogen) atoms. The first-order valence-electron chi connectivity index (χ1n) is 16.1. The van der Waals surface area contributed by atoms with Crippen molar-refractivity contribution < 1.29 is 9.59 Å². The van der Waals surface area contributed by atoms with E-state index in [0.717, 1.165) is 102 Å². The fraction of sp³-hybridized carbons (Fsp3) is 0.471. The van der Waals surface area contributed by atoms with Gasteiger partial charge in [0.2, 0.25) is 0 Å². The van der Waals surface area contributed by atoms with Crippen LogP contribution in [0, 0.1) is 24.7 Å². The van der Waals surface area contributed by atoms with E-state index in [1.807, 2.05) is 19.2 Å². The molecule has 0 bridgehead atoms. The molecular formula is C34H39Cl2N7O2S. The predicted molar refractivity (Wildman–Crippen MR) is 185 cm³/mol. The molecule has 1 aliphatic heterocycles. The number of imidazole rings is 1. The number of piperidine rings is 1. The van der Waals surface area contributed by atoms with Crippen LogP contribution in [0.1, 0.15) is 81.7 Å². The summed E-state index contributed by atoms with van der Waals surface area (Å²) in [6, 6.07) is 7.93. The number of hydrogen-bond donors (Lipinski definition) is 3. The van der Waals surface area contributed by atoms with Gasteiger partial charge in [-0.15, -0.1) is 0 Å². The van der Waals surface area contributed by atoms with Crippen molar-refractivity contribution in [3.8, 4) is 0 Å². The van der Waals surface area contributed by atoms with Crippen molar-refractivity contribution >= 4 is 68.2 Å². The molecule has 2 atom stereocenters. The molecule has 3 aliphatic rings. The normalized spacial score (nSPS) is 22.2. The van der Waals surface area contributed by atoms with E-state index in [-0.39, 0.29) is 24.4 Å². The van der Waals surface area contributed by atoms with Crippen molar-refractivity contribution in [2.24, 2.45) is 24.8 Å². The molecule has 2 aromatic heterocycles. The molecule has 9 nitrogen and oxygen atoms in total. The van der Waals surface area contributed by atoms with Crippen LogP contribution in [0.5, 0.6) is 0 Å². The number of aromatic nitrogens is 3. The molecule has 3 heterocycles. The highest BCUT2D eigenvalue weighted by molar-refractivity contribution is 7.17. The van der Waals surface area contributed by atoms with Crippen LogP contribution in [-0.2, 0) is 20.0 Å². The van der Waals surface area contributed by atoms with Crippen molar-refractivity contribution in [3.05, 3.63) is 67.4 Å². The summed E-state index contributed by atoms with van der Waals surface area (Å²) in [4.78, 5) is 38.6. The molecule has 4 aromatic rings. The fourth-order valence-electron chi connectivity index (χ4n) is 7.13. The van der Waals surface area contributed by atoms with Gasteiger partial charge in [0.05, 0.1) is 33.0 Å². The number of rotatable bonds is 8. The third kappa shape index (κ3) is 6.07. The van der Waals surface area contributed by atoms with E-state index in [9.17, 15) is 9.59 Å². The molecule has 1 saturated heterocycles. The van der Waals surface area contributed by atoms with E-state index in [4.69, 9.17) is 33.9 Å². The third-order valence-corrected chi connectivity index (χ3v) is 11.9. The van der Waals surface area contributed by atoms with Gasteiger partial charge in [-0.25, -0.2) is 9.97 Å². The monoisotopic (exact) mass is 679 g/mol. The van der Waals surface area contributed by atoms with Gasteiger partial charge in [0.15, 0.2) is 5.13 Å². The average Bonchev–Trinajstić information content (AvgIpc) is 3.31. The lowest BCUT2D eigenvalue weighted by Crippen LogP contribution is -2.38. The number of thiazole rings is 1. The Morgan fingerprint density at radius 1 is 1.07 bits per heavy atom. The number of nitrogens with two attached hydrogens (primary N) is 1. The largest absolute Gasteiger partial charge is 0.375 e. The number of aryl methyl sites for hydroxylation is 2. The lowest BCUT2D eigenvalue weighted by Gasteiger charge is -2.28. The summed E-state index contributed by atoms with van der Waals surface area (Å²) < 4.78 is 2.07. The molecule has 0 spiro atoms. The molecule has 3 fully saturated rings. The predicted octanol–water partition coefficient (Wildman–Crippen LogP) is 6.51. The van der Waals surface area contributed by atoms with Crippen LogP contribution in [0.4, 0.5) is 10.8 Å². The smallest absolute Gasteiger partial charge is 0.263 e. The molecule has 2 saturated carbocycles. The molecular weight excluding hydrogens is 641 g/mol. The second-order valence-electron chi connectivity index (χ2n) is 13.4. The first-order chi connectivity index (χ1) is 22.0. The molecule has 242 valence electrons. The Morgan fingerprint density at radius 2 is 1.80 bits per heavy atom. The molecule has 7 rings (SSSR count). The number of fused-ring (bicyclic) bond motifs is 2. The maximum atomic E-state index is 13.8. The summed E-state index contributed by atoms with van der Waals surface area (Å²) in [5.74, 6) is 2.71. The summed E-state index contributed by atoms with van der Waals surface area (Å²) in [6.07, 6.45) is 6.02. The highest BCUT2D eigenvalue weighted by Gasteiger charge is 2.46. The van der Waals surface area contributed by atoms with Crippen LogP contribution >= 0.6 is 34.5 Å². The van der Waals surface area contributed by atoms with Gasteiger partial charge in [0.1, 0.15) is 10.7 Å². The zero-order valence-corrected chi connectivity index (χ0v) is 28.7. The van der Waals surface area contributed by atoms with Crippen molar-refractivity contribution in [1.29, 1.82) is 0 Å². The molecule has 4 N–H and O–H groups in total. The van der Waals surface area contributed by atoms with Gasteiger partial charge in [-0.2, -0.15) is 0 Å². The van der Waals surface area contributed by atoms with Crippen molar-refractivity contribution in [3.63, 3.8) is 0 Å². The molecule has 2 aliphatic carbocycles. The van der Waals surface area contributed by atoms with Crippen LogP contribution in [0.15, 0.2) is 24.3 Å². The van der Waals surface area contributed by atoms with E-state index in [1.54, 1.807) is 13.0 Å². The summed E-state index contributed by atoms with van der Waals surface area (Å²) in [5, 5.41) is 7.64. The molecule has 2 amide bonds. The van der Waals surface area contributed by atoms with Crippen molar-refractivity contribution in [1.82, 2.24) is 25.2 Å². The molecule has 12 heteroatoms. The average molecular weight is 681 g/mol. The Balaban J connectivity index is 1.16. The van der Waals surface area contributed by atoms with Gasteiger partial charge in [-0.05, 0) is 86.1 Å². The Bertz CT molecular complexity index is 1830. The standard InChI is InChI=1S/C34H39Cl2N7O2S/c1-17-4-7-22(8-5-17)40-32(44)24-11-26-28(13-27(24)43-15-20-10-21(20)16-43)42(3)29(41-26)12-23-25(35)9-6-19(30(23)36)14-38-33(45)31-18(2)39-34(37)46-31/h6,9,11,13,17,20-22H,4-5,7-8,10,12,14-16H2,1-3H3,(H2,37,39)(H,38,45)(H,40,44). The second-order valence-corrected chi connectivity index (χ2v) is 15.2. The van der Waals surface area contributed by atoms with Crippen LogP contribution < -0.4 is 21.3 Å². The number of carbonyl (C=O) groups is 2. The highest BCUT2D eigenvalue weighted by atomic mass is 35.5. The molecule has 2 aromatic carbocycles. The number of benzene rings is 2. The number of carbonyl (C=O) groups excluding carboxylic acids is 2. The topological polar surface area (TPSA) is 118 Å². The van der Waals surface area contributed by atoms with E-state index in [1.165, 1.54) is 6.42 Å².